The average Bonchev–Trinajstić information content (AvgIpc) is 3.43. The van der Waals surface area contributed by atoms with E-state index >= 15 is 0 Å². The molecule has 0 bridgehead atoms. The van der Waals surface area contributed by atoms with E-state index in [2.05, 4.69) is 6.92 Å². The number of thiophene rings is 1. The van der Waals surface area contributed by atoms with Crippen LogP contribution in [-0.2, 0) is 29.0 Å². The standard InChI is InChI=1S/C29H35FN2O4S/c1-4-5-15-31(28(33)19-22-8-11-24(30)12-9-22)21-29(34)32(20-25-7-6-17-37-25)16-14-23-10-13-26(35-2)27(18-23)36-3/h6-13,17-18H,4-5,14-16,19-21H2,1-3H3. The Morgan fingerprint density at radius 3 is 2.27 bits per heavy atom. The molecule has 198 valence electrons. The van der Waals surface area contributed by atoms with E-state index in [0.29, 0.717) is 37.6 Å². The number of hydrogen-bond donors (Lipinski definition) is 0. The van der Waals surface area contributed by atoms with Crippen molar-refractivity contribution < 1.29 is 23.5 Å². The van der Waals surface area contributed by atoms with Gasteiger partial charge in [0.2, 0.25) is 11.8 Å². The van der Waals surface area contributed by atoms with Crippen LogP contribution in [0.4, 0.5) is 4.39 Å². The van der Waals surface area contributed by atoms with Crippen LogP contribution in [0, 0.1) is 5.82 Å². The number of hydrogen-bond acceptors (Lipinski definition) is 5. The normalized spacial score (nSPS) is 10.7. The van der Waals surface area contributed by atoms with E-state index < -0.39 is 0 Å². The number of methoxy groups -OCH3 is 2. The second-order valence-corrected chi connectivity index (χ2v) is 9.84. The van der Waals surface area contributed by atoms with Crippen molar-refractivity contribution in [2.45, 2.75) is 39.2 Å². The van der Waals surface area contributed by atoms with Crippen LogP contribution in [0.2, 0.25) is 0 Å². The van der Waals surface area contributed by atoms with E-state index in [9.17, 15) is 14.0 Å². The quantitative estimate of drug-likeness (QED) is 0.284. The van der Waals surface area contributed by atoms with Gasteiger partial charge in [0.25, 0.3) is 0 Å². The third-order valence-corrected chi connectivity index (χ3v) is 6.99. The minimum atomic E-state index is -0.340. The van der Waals surface area contributed by atoms with Crippen LogP contribution >= 0.6 is 11.3 Å². The number of rotatable bonds is 14. The Kier molecular flexibility index (Phi) is 11.0. The Labute approximate surface area is 222 Å². The fourth-order valence-electron chi connectivity index (χ4n) is 3.98. The zero-order chi connectivity index (χ0) is 26.6. The highest BCUT2D eigenvalue weighted by Gasteiger charge is 2.22. The molecule has 0 unspecified atom stereocenters. The van der Waals surface area contributed by atoms with E-state index in [4.69, 9.17) is 9.47 Å². The number of benzene rings is 2. The molecule has 0 N–H and O–H groups in total. The minimum absolute atomic E-state index is 0.0112. The first-order valence-corrected chi connectivity index (χ1v) is 13.3. The third-order valence-electron chi connectivity index (χ3n) is 6.13. The molecular weight excluding hydrogens is 491 g/mol. The van der Waals surface area contributed by atoms with E-state index in [1.807, 2.05) is 40.6 Å². The van der Waals surface area contributed by atoms with Crippen LogP contribution in [0.1, 0.15) is 35.8 Å². The lowest BCUT2D eigenvalue weighted by Gasteiger charge is -2.28. The molecule has 0 aliphatic carbocycles. The predicted octanol–water partition coefficient (Wildman–Crippen LogP) is 5.35. The van der Waals surface area contributed by atoms with Gasteiger partial charge in [-0.1, -0.05) is 37.6 Å². The highest BCUT2D eigenvalue weighted by Crippen LogP contribution is 2.28. The van der Waals surface area contributed by atoms with Crippen molar-refractivity contribution in [3.63, 3.8) is 0 Å². The molecule has 0 aliphatic rings. The van der Waals surface area contributed by atoms with Gasteiger partial charge >= 0.3 is 0 Å². The summed E-state index contributed by atoms with van der Waals surface area (Å²) < 4.78 is 24.0. The topological polar surface area (TPSA) is 59.1 Å². The summed E-state index contributed by atoms with van der Waals surface area (Å²) in [4.78, 5) is 31.2. The van der Waals surface area contributed by atoms with Gasteiger partial charge in [0.05, 0.1) is 33.7 Å². The minimum Gasteiger partial charge on any atom is -0.493 e. The van der Waals surface area contributed by atoms with Gasteiger partial charge in [-0.25, -0.2) is 4.39 Å². The molecule has 1 aromatic heterocycles. The van der Waals surface area contributed by atoms with Gasteiger partial charge in [0.15, 0.2) is 11.5 Å². The number of nitrogens with zero attached hydrogens (tertiary/aromatic N) is 2. The van der Waals surface area contributed by atoms with Gasteiger partial charge in [-0.05, 0) is 59.7 Å². The van der Waals surface area contributed by atoms with E-state index in [1.54, 1.807) is 42.6 Å². The van der Waals surface area contributed by atoms with Crippen LogP contribution in [0.3, 0.4) is 0 Å². The summed E-state index contributed by atoms with van der Waals surface area (Å²) in [5.74, 6) is 0.729. The molecule has 0 radical (unpaired) electrons. The summed E-state index contributed by atoms with van der Waals surface area (Å²) in [7, 11) is 3.20. The van der Waals surface area contributed by atoms with Crippen molar-refractivity contribution in [3.05, 3.63) is 81.8 Å². The monoisotopic (exact) mass is 526 g/mol. The first-order valence-electron chi connectivity index (χ1n) is 12.5. The molecule has 0 saturated heterocycles. The number of halogens is 1. The average molecular weight is 527 g/mol. The predicted molar refractivity (Wildman–Crippen MR) is 145 cm³/mol. The Morgan fingerprint density at radius 1 is 0.892 bits per heavy atom. The summed E-state index contributed by atoms with van der Waals surface area (Å²) in [6.45, 7) is 3.55. The highest BCUT2D eigenvalue weighted by molar-refractivity contribution is 7.09. The Balaban J connectivity index is 1.72. The fourth-order valence-corrected chi connectivity index (χ4v) is 4.70. The van der Waals surface area contributed by atoms with Crippen molar-refractivity contribution >= 4 is 23.2 Å². The third kappa shape index (κ3) is 8.60. The van der Waals surface area contributed by atoms with Gasteiger partial charge in [-0.2, -0.15) is 0 Å². The maximum atomic E-state index is 13.5. The molecule has 37 heavy (non-hydrogen) atoms. The lowest BCUT2D eigenvalue weighted by Crippen LogP contribution is -2.44. The summed E-state index contributed by atoms with van der Waals surface area (Å²) in [5, 5.41) is 1.99. The van der Waals surface area contributed by atoms with E-state index in [1.165, 1.54) is 12.1 Å². The van der Waals surface area contributed by atoms with Crippen LogP contribution < -0.4 is 9.47 Å². The van der Waals surface area contributed by atoms with Gasteiger partial charge < -0.3 is 19.3 Å². The maximum Gasteiger partial charge on any atom is 0.242 e. The molecule has 8 heteroatoms. The van der Waals surface area contributed by atoms with Crippen molar-refractivity contribution in [1.29, 1.82) is 0 Å². The molecule has 6 nitrogen and oxygen atoms in total. The van der Waals surface area contributed by atoms with Gasteiger partial charge in [-0.15, -0.1) is 11.3 Å². The molecule has 2 amide bonds. The zero-order valence-corrected chi connectivity index (χ0v) is 22.6. The van der Waals surface area contributed by atoms with Crippen LogP contribution in [0.5, 0.6) is 11.5 Å². The summed E-state index contributed by atoms with van der Waals surface area (Å²) in [6, 6.07) is 15.6. The van der Waals surface area contributed by atoms with Crippen LogP contribution in [0.25, 0.3) is 0 Å². The lowest BCUT2D eigenvalue weighted by atomic mass is 10.1. The molecule has 3 rings (SSSR count). The largest absolute Gasteiger partial charge is 0.493 e. The molecule has 0 saturated carbocycles. The highest BCUT2D eigenvalue weighted by atomic mass is 32.1. The number of carbonyl (C=O) groups excluding carboxylic acids is 2. The molecule has 1 heterocycles. The molecule has 0 aliphatic heterocycles. The van der Waals surface area contributed by atoms with Crippen molar-refractivity contribution in [2.24, 2.45) is 0 Å². The van der Waals surface area contributed by atoms with Gasteiger partial charge in [-0.3, -0.25) is 9.59 Å². The summed E-state index contributed by atoms with van der Waals surface area (Å²) in [6.07, 6.45) is 2.48. The van der Waals surface area contributed by atoms with Crippen LogP contribution in [0.15, 0.2) is 60.0 Å². The maximum absolute atomic E-state index is 13.5. The second-order valence-electron chi connectivity index (χ2n) is 8.81. The summed E-state index contributed by atoms with van der Waals surface area (Å²) in [5.41, 5.74) is 1.75. The zero-order valence-electron chi connectivity index (χ0n) is 21.7. The first-order chi connectivity index (χ1) is 17.9. The molecule has 2 aromatic carbocycles. The molecular formula is C29H35FN2O4S. The van der Waals surface area contributed by atoms with Gasteiger partial charge in [0, 0.05) is 18.0 Å². The molecule has 3 aromatic rings. The number of ether oxygens (including phenoxy) is 2. The number of unbranched alkanes of at least 4 members (excludes halogenated alkanes) is 1. The SMILES string of the molecule is CCCCN(CC(=O)N(CCc1ccc(OC)c(OC)c1)Cc1cccs1)C(=O)Cc1ccc(F)cc1. The molecule has 0 atom stereocenters. The second kappa shape index (κ2) is 14.4. The molecule has 0 fully saturated rings. The van der Waals surface area contributed by atoms with Gasteiger partial charge in [0.1, 0.15) is 5.82 Å². The number of amides is 2. The van der Waals surface area contributed by atoms with Crippen LogP contribution in [-0.4, -0.2) is 55.5 Å². The van der Waals surface area contributed by atoms with Crippen molar-refractivity contribution in [2.75, 3.05) is 33.9 Å². The Bertz CT molecular complexity index is 1140. The van der Waals surface area contributed by atoms with E-state index in [0.717, 1.165) is 28.8 Å². The fraction of sp³-hybridized carbons (Fsp3) is 0.379. The Morgan fingerprint density at radius 2 is 1.62 bits per heavy atom. The first kappa shape index (κ1) is 28.2. The summed E-state index contributed by atoms with van der Waals surface area (Å²) >= 11 is 1.60. The Hall–Kier alpha value is -3.39. The van der Waals surface area contributed by atoms with Crippen molar-refractivity contribution in [3.8, 4) is 11.5 Å². The smallest absolute Gasteiger partial charge is 0.242 e. The van der Waals surface area contributed by atoms with Crippen molar-refractivity contribution in [1.82, 2.24) is 9.80 Å². The van der Waals surface area contributed by atoms with E-state index in [-0.39, 0.29) is 30.6 Å². The molecule has 0 spiro atoms. The number of carbonyl (C=O) groups is 2. The lowest BCUT2D eigenvalue weighted by molar-refractivity contribution is -0.140.